The SMILES string of the molecule is CCCCCCCCCC/C=C\CCCCCCCCCCCCCCCCCCCC(=O)OC(COC(=O)CCCCCCCCCCCCCC)COC(OCC[N+](C)(C)C)C(=O)[O-]. The van der Waals surface area contributed by atoms with E-state index < -0.39 is 24.3 Å². The van der Waals surface area contributed by atoms with E-state index in [9.17, 15) is 19.5 Å². The van der Waals surface area contributed by atoms with Crippen molar-refractivity contribution in [1.29, 1.82) is 0 Å². The first kappa shape index (κ1) is 64.0. The third-order valence-corrected chi connectivity index (χ3v) is 12.8. The van der Waals surface area contributed by atoms with Gasteiger partial charge in [-0.25, -0.2) is 0 Å². The van der Waals surface area contributed by atoms with Gasteiger partial charge in [0, 0.05) is 12.8 Å². The Bertz CT molecular complexity index is 1090. The van der Waals surface area contributed by atoms with Gasteiger partial charge in [0.25, 0.3) is 0 Å². The van der Waals surface area contributed by atoms with Crippen LogP contribution in [0.25, 0.3) is 0 Å². The summed E-state index contributed by atoms with van der Waals surface area (Å²) in [5.74, 6) is -2.26. The molecular weight excluding hydrogens is 827 g/mol. The minimum atomic E-state index is -1.61. The largest absolute Gasteiger partial charge is 0.545 e. The van der Waals surface area contributed by atoms with E-state index in [2.05, 4.69) is 26.0 Å². The Morgan fingerprint density at radius 2 is 0.773 bits per heavy atom. The van der Waals surface area contributed by atoms with E-state index in [0.717, 1.165) is 38.5 Å². The minimum absolute atomic E-state index is 0.152. The summed E-state index contributed by atoms with van der Waals surface area (Å²) in [7, 11) is 5.93. The fourth-order valence-corrected chi connectivity index (χ4v) is 8.36. The van der Waals surface area contributed by atoms with Gasteiger partial charge in [0.2, 0.25) is 0 Å². The van der Waals surface area contributed by atoms with Crippen LogP contribution in [-0.2, 0) is 33.3 Å². The van der Waals surface area contributed by atoms with Crippen LogP contribution < -0.4 is 5.11 Å². The summed E-state index contributed by atoms with van der Waals surface area (Å²) in [4.78, 5) is 37.1. The van der Waals surface area contributed by atoms with Crippen LogP contribution in [0, 0.1) is 0 Å². The number of carbonyl (C=O) groups is 3. The van der Waals surface area contributed by atoms with Crippen molar-refractivity contribution in [3.05, 3.63) is 12.2 Å². The normalized spacial score (nSPS) is 12.8. The number of likely N-dealkylation sites (N-methyl/N-ethyl adjacent to an activating group) is 1. The van der Waals surface area contributed by atoms with Gasteiger partial charge in [-0.15, -0.1) is 0 Å². The number of esters is 2. The summed E-state index contributed by atoms with van der Waals surface area (Å²) in [5, 5.41) is 11.7. The molecule has 0 aliphatic carbocycles. The van der Waals surface area contributed by atoms with Crippen LogP contribution in [0.3, 0.4) is 0 Å². The summed E-state index contributed by atoms with van der Waals surface area (Å²) in [5.41, 5.74) is 0. The van der Waals surface area contributed by atoms with Gasteiger partial charge in [-0.1, -0.05) is 238 Å². The highest BCUT2D eigenvalue weighted by atomic mass is 16.7. The Hall–Kier alpha value is -1.97. The molecule has 0 saturated carbocycles. The van der Waals surface area contributed by atoms with Crippen LogP contribution in [0.15, 0.2) is 12.2 Å². The molecular formula is C57H109NO8. The predicted octanol–water partition coefficient (Wildman–Crippen LogP) is 14.8. The molecule has 0 aromatic heterocycles. The lowest BCUT2D eigenvalue weighted by Gasteiger charge is -2.26. The number of hydrogen-bond donors (Lipinski definition) is 0. The van der Waals surface area contributed by atoms with Gasteiger partial charge in [0.05, 0.1) is 40.3 Å². The maximum Gasteiger partial charge on any atom is 0.306 e. The van der Waals surface area contributed by atoms with Crippen LogP contribution in [0.1, 0.15) is 277 Å². The van der Waals surface area contributed by atoms with E-state index in [0.29, 0.717) is 17.4 Å². The van der Waals surface area contributed by atoms with E-state index >= 15 is 0 Å². The molecule has 66 heavy (non-hydrogen) atoms. The molecule has 0 N–H and O–H groups in total. The Labute approximate surface area is 408 Å². The summed E-state index contributed by atoms with van der Waals surface area (Å²) in [6, 6.07) is 0. The second-order valence-corrected chi connectivity index (χ2v) is 20.6. The number of aliphatic carboxylic acids is 1. The second kappa shape index (κ2) is 49.5. The van der Waals surface area contributed by atoms with Gasteiger partial charge >= 0.3 is 11.9 Å². The fraction of sp³-hybridized carbons (Fsp3) is 0.912. The predicted molar refractivity (Wildman–Crippen MR) is 274 cm³/mol. The van der Waals surface area contributed by atoms with E-state index in [4.69, 9.17) is 18.9 Å². The number of rotatable bonds is 53. The molecule has 2 atom stereocenters. The van der Waals surface area contributed by atoms with Gasteiger partial charge < -0.3 is 33.3 Å². The number of ether oxygens (including phenoxy) is 4. The highest BCUT2D eigenvalue weighted by Gasteiger charge is 2.22. The Morgan fingerprint density at radius 3 is 1.12 bits per heavy atom. The minimum Gasteiger partial charge on any atom is -0.545 e. The molecule has 0 spiro atoms. The van der Waals surface area contributed by atoms with Crippen LogP contribution >= 0.6 is 0 Å². The zero-order valence-corrected chi connectivity index (χ0v) is 44.3. The van der Waals surface area contributed by atoms with Crippen molar-refractivity contribution in [1.82, 2.24) is 0 Å². The zero-order valence-electron chi connectivity index (χ0n) is 44.3. The maximum atomic E-state index is 12.8. The summed E-state index contributed by atoms with van der Waals surface area (Å²) in [6.07, 6.45) is 52.7. The Kier molecular flexibility index (Phi) is 48.0. The molecule has 0 amide bonds. The van der Waals surface area contributed by atoms with Crippen LogP contribution in [-0.4, -0.2) is 82.3 Å². The molecule has 0 rings (SSSR count). The first-order valence-corrected chi connectivity index (χ1v) is 28.3. The summed E-state index contributed by atoms with van der Waals surface area (Å²) < 4.78 is 22.7. The molecule has 9 heteroatoms. The number of carboxylic acid groups (broad SMARTS) is 1. The van der Waals surface area contributed by atoms with Crippen molar-refractivity contribution in [2.45, 2.75) is 289 Å². The standard InChI is InChI=1S/C57H109NO8/c1-6-8-10-12-14-16-18-20-21-22-23-24-25-26-27-28-29-30-31-32-33-34-35-36-38-40-42-44-46-48-55(60)66-53(52-65-57(56(61)62)63-50-49-58(3,4)5)51-64-54(59)47-45-43-41-39-37-19-17-15-13-11-9-7-2/h22-23,53,57H,6-21,24-52H2,1-5H3/b23-22-. The lowest BCUT2D eigenvalue weighted by Crippen LogP contribution is -2.44. The molecule has 0 fully saturated rings. The van der Waals surface area contributed by atoms with Gasteiger partial charge in [-0.3, -0.25) is 9.59 Å². The third kappa shape index (κ3) is 49.9. The number of nitrogens with zero attached hydrogens (tertiary/aromatic N) is 1. The quantitative estimate of drug-likeness (QED) is 0.0195. The van der Waals surface area contributed by atoms with Crippen LogP contribution in [0.5, 0.6) is 0 Å². The lowest BCUT2D eigenvalue weighted by molar-refractivity contribution is -0.870. The first-order chi connectivity index (χ1) is 32.1. The van der Waals surface area contributed by atoms with Crippen LogP contribution in [0.2, 0.25) is 0 Å². The molecule has 390 valence electrons. The highest BCUT2D eigenvalue weighted by Crippen LogP contribution is 2.17. The number of carbonyl (C=O) groups excluding carboxylic acids is 3. The van der Waals surface area contributed by atoms with Gasteiger partial charge in [-0.05, 0) is 38.5 Å². The van der Waals surface area contributed by atoms with Gasteiger partial charge in [0.15, 0.2) is 12.4 Å². The fourth-order valence-electron chi connectivity index (χ4n) is 8.36. The van der Waals surface area contributed by atoms with E-state index in [-0.39, 0.29) is 32.2 Å². The Morgan fingerprint density at radius 1 is 0.439 bits per heavy atom. The van der Waals surface area contributed by atoms with Crippen molar-refractivity contribution < 1.29 is 42.9 Å². The number of carboxylic acids is 1. The average Bonchev–Trinajstić information content (AvgIpc) is 3.28. The van der Waals surface area contributed by atoms with Crippen LogP contribution in [0.4, 0.5) is 0 Å². The zero-order chi connectivity index (χ0) is 48.4. The number of hydrogen-bond acceptors (Lipinski definition) is 8. The molecule has 0 heterocycles. The second-order valence-electron chi connectivity index (χ2n) is 20.6. The summed E-state index contributed by atoms with van der Waals surface area (Å²) in [6.45, 7) is 4.78. The number of unbranched alkanes of at least 4 members (excludes halogenated alkanes) is 36. The molecule has 0 aliphatic heterocycles. The molecule has 2 unspecified atom stereocenters. The maximum absolute atomic E-state index is 12.8. The monoisotopic (exact) mass is 936 g/mol. The average molecular weight is 936 g/mol. The van der Waals surface area contributed by atoms with Crippen molar-refractivity contribution in [2.75, 3.05) is 47.5 Å². The van der Waals surface area contributed by atoms with Gasteiger partial charge in [-0.2, -0.15) is 0 Å². The topological polar surface area (TPSA) is 111 Å². The van der Waals surface area contributed by atoms with E-state index in [1.54, 1.807) is 0 Å². The van der Waals surface area contributed by atoms with Crippen molar-refractivity contribution in [2.24, 2.45) is 0 Å². The molecule has 0 bridgehead atoms. The third-order valence-electron chi connectivity index (χ3n) is 12.8. The van der Waals surface area contributed by atoms with E-state index in [1.165, 1.54) is 212 Å². The smallest absolute Gasteiger partial charge is 0.306 e. The lowest BCUT2D eigenvalue weighted by atomic mass is 10.0. The first-order valence-electron chi connectivity index (χ1n) is 28.3. The molecule has 0 radical (unpaired) electrons. The van der Waals surface area contributed by atoms with Crippen molar-refractivity contribution in [3.63, 3.8) is 0 Å². The molecule has 0 saturated heterocycles. The molecule has 0 aromatic rings. The Balaban J connectivity index is 4.09. The highest BCUT2D eigenvalue weighted by molar-refractivity contribution is 5.70. The number of quaternary nitrogens is 1. The molecule has 9 nitrogen and oxygen atoms in total. The molecule has 0 aliphatic rings. The van der Waals surface area contributed by atoms with E-state index in [1.807, 2.05) is 21.1 Å². The van der Waals surface area contributed by atoms with Gasteiger partial charge in [0.1, 0.15) is 13.2 Å². The van der Waals surface area contributed by atoms with Crippen molar-refractivity contribution >= 4 is 17.9 Å². The summed E-state index contributed by atoms with van der Waals surface area (Å²) >= 11 is 0. The molecule has 0 aromatic carbocycles. The number of allylic oxidation sites excluding steroid dienone is 2. The van der Waals surface area contributed by atoms with Crippen molar-refractivity contribution in [3.8, 4) is 0 Å².